The van der Waals surface area contributed by atoms with E-state index < -0.39 is 0 Å². The summed E-state index contributed by atoms with van der Waals surface area (Å²) in [6.45, 7) is 3.54. The van der Waals surface area contributed by atoms with E-state index in [2.05, 4.69) is 23.2 Å². The maximum Gasteiger partial charge on any atom is 0.255 e. The highest BCUT2D eigenvalue weighted by Gasteiger charge is 2.41. The van der Waals surface area contributed by atoms with E-state index >= 15 is 0 Å². The minimum absolute atomic E-state index is 0.0480. The van der Waals surface area contributed by atoms with Gasteiger partial charge in [-0.1, -0.05) is 6.07 Å². The highest BCUT2D eigenvalue weighted by atomic mass is 16.5. The first kappa shape index (κ1) is 19.5. The quantitative estimate of drug-likeness (QED) is 0.777. The van der Waals surface area contributed by atoms with Crippen LogP contribution >= 0.6 is 0 Å². The van der Waals surface area contributed by atoms with Crippen LogP contribution in [0.5, 0.6) is 5.75 Å². The molecule has 1 aromatic carbocycles. The lowest BCUT2D eigenvalue weighted by atomic mass is 9.79. The van der Waals surface area contributed by atoms with Gasteiger partial charge >= 0.3 is 0 Å². The van der Waals surface area contributed by atoms with E-state index in [9.17, 15) is 4.79 Å². The molecule has 0 saturated carbocycles. The molecule has 6 nitrogen and oxygen atoms in total. The molecule has 0 bridgehead atoms. The summed E-state index contributed by atoms with van der Waals surface area (Å²) in [7, 11) is 0. The fourth-order valence-corrected chi connectivity index (χ4v) is 4.87. The number of hydrogen-bond acceptors (Lipinski definition) is 5. The smallest absolute Gasteiger partial charge is 0.255 e. The Hall–Kier alpha value is -2.44. The minimum Gasteiger partial charge on any atom is -0.491 e. The van der Waals surface area contributed by atoms with Crippen molar-refractivity contribution in [2.24, 2.45) is 0 Å². The van der Waals surface area contributed by atoms with E-state index in [1.165, 1.54) is 11.1 Å². The third-order valence-corrected chi connectivity index (χ3v) is 6.54. The minimum atomic E-state index is -0.299. The van der Waals surface area contributed by atoms with Crippen molar-refractivity contribution in [1.82, 2.24) is 9.88 Å². The summed E-state index contributed by atoms with van der Waals surface area (Å²) < 4.78 is 18.0. The van der Waals surface area contributed by atoms with Crippen molar-refractivity contribution in [3.63, 3.8) is 0 Å². The maximum atomic E-state index is 12.8. The molecule has 6 heteroatoms. The molecule has 5 rings (SSSR count). The van der Waals surface area contributed by atoms with Crippen molar-refractivity contribution in [3.8, 4) is 5.75 Å². The van der Waals surface area contributed by atoms with Crippen molar-refractivity contribution in [2.45, 2.75) is 43.8 Å². The Morgan fingerprint density at radius 2 is 2.13 bits per heavy atom. The topological polar surface area (TPSA) is 60.9 Å². The lowest BCUT2D eigenvalue weighted by Gasteiger charge is -2.45. The van der Waals surface area contributed by atoms with Crippen LogP contribution in [0, 0.1) is 0 Å². The molecule has 2 saturated heterocycles. The fraction of sp³-hybridized carbons (Fsp3) is 0.500. The number of nitrogens with zero attached hydrogens (tertiary/aromatic N) is 2. The van der Waals surface area contributed by atoms with Gasteiger partial charge in [-0.2, -0.15) is 0 Å². The normalized spacial score (nSPS) is 22.7. The molecule has 1 atom stereocenters. The summed E-state index contributed by atoms with van der Waals surface area (Å²) in [5, 5.41) is 0. The molecule has 1 aromatic heterocycles. The lowest BCUT2D eigenvalue weighted by Crippen LogP contribution is -2.48. The number of carbonyl (C=O) groups is 1. The highest BCUT2D eigenvalue weighted by Crippen LogP contribution is 2.42. The number of fused-ring (bicyclic) bond motifs is 2. The van der Waals surface area contributed by atoms with Crippen molar-refractivity contribution in [3.05, 3.63) is 59.4 Å². The molecule has 1 unspecified atom stereocenters. The molecule has 3 aliphatic rings. The molecule has 158 valence electrons. The SMILES string of the molecule is O=C(c1cccnc1)N1CCC2(CC1)OCCc1cc(OCC3CCCO3)ccc12. The summed E-state index contributed by atoms with van der Waals surface area (Å²) in [5.41, 5.74) is 2.91. The van der Waals surface area contributed by atoms with Crippen LogP contribution in [0.25, 0.3) is 0 Å². The van der Waals surface area contributed by atoms with Crippen LogP contribution in [0.3, 0.4) is 0 Å². The Labute approximate surface area is 177 Å². The van der Waals surface area contributed by atoms with Crippen LogP contribution in [0.1, 0.15) is 47.2 Å². The molecular formula is C24H28N2O4. The number of hydrogen-bond donors (Lipinski definition) is 0. The summed E-state index contributed by atoms with van der Waals surface area (Å²) in [6, 6.07) is 10.0. The molecule has 0 aliphatic carbocycles. The van der Waals surface area contributed by atoms with Crippen LogP contribution in [-0.2, 0) is 21.5 Å². The average Bonchev–Trinajstić information content (AvgIpc) is 3.32. The van der Waals surface area contributed by atoms with Gasteiger partial charge in [0.05, 0.1) is 23.9 Å². The second-order valence-corrected chi connectivity index (χ2v) is 8.39. The van der Waals surface area contributed by atoms with Gasteiger partial charge in [-0.25, -0.2) is 0 Å². The first-order valence-corrected chi connectivity index (χ1v) is 10.9. The predicted octanol–water partition coefficient (Wildman–Crippen LogP) is 3.34. The first-order valence-electron chi connectivity index (χ1n) is 10.9. The van der Waals surface area contributed by atoms with Crippen molar-refractivity contribution >= 4 is 5.91 Å². The number of rotatable bonds is 4. The number of likely N-dealkylation sites (tertiary alicyclic amines) is 1. The maximum absolute atomic E-state index is 12.8. The number of carbonyl (C=O) groups excluding carboxylic acids is 1. The number of pyridine rings is 1. The van der Waals surface area contributed by atoms with Gasteiger partial charge in [0.1, 0.15) is 12.4 Å². The average molecular weight is 408 g/mol. The van der Waals surface area contributed by atoms with Crippen LogP contribution in [0.2, 0.25) is 0 Å². The van der Waals surface area contributed by atoms with Gasteiger partial charge in [-0.15, -0.1) is 0 Å². The molecule has 2 aromatic rings. The summed E-state index contributed by atoms with van der Waals surface area (Å²) >= 11 is 0. The van der Waals surface area contributed by atoms with Gasteiger partial charge < -0.3 is 19.1 Å². The molecule has 0 N–H and O–H groups in total. The van der Waals surface area contributed by atoms with E-state index in [-0.39, 0.29) is 17.6 Å². The largest absolute Gasteiger partial charge is 0.491 e. The van der Waals surface area contributed by atoms with Gasteiger partial charge in [0.2, 0.25) is 0 Å². The number of amides is 1. The van der Waals surface area contributed by atoms with Crippen LogP contribution in [-0.4, -0.2) is 54.8 Å². The molecule has 2 fully saturated rings. The number of ether oxygens (including phenoxy) is 3. The highest BCUT2D eigenvalue weighted by molar-refractivity contribution is 5.93. The monoisotopic (exact) mass is 408 g/mol. The Bertz CT molecular complexity index is 887. The second-order valence-electron chi connectivity index (χ2n) is 8.39. The standard InChI is InChI=1S/C24H28N2O4/c27-23(19-3-1-10-25-16-19)26-11-8-24(9-12-26)22-6-5-20(15-18(22)7-14-30-24)29-17-21-4-2-13-28-21/h1,3,5-6,10,15-16,21H,2,4,7-9,11-14,17H2. The van der Waals surface area contributed by atoms with Crippen molar-refractivity contribution in [2.75, 3.05) is 32.9 Å². The molecule has 0 radical (unpaired) electrons. The Morgan fingerprint density at radius 1 is 1.23 bits per heavy atom. The second kappa shape index (κ2) is 8.36. The molecule has 3 aliphatic heterocycles. The first-order chi connectivity index (χ1) is 14.7. The zero-order chi connectivity index (χ0) is 20.4. The third kappa shape index (κ3) is 3.82. The Balaban J connectivity index is 1.27. The van der Waals surface area contributed by atoms with Gasteiger partial charge in [-0.3, -0.25) is 9.78 Å². The van der Waals surface area contributed by atoms with E-state index in [0.29, 0.717) is 31.9 Å². The molecule has 30 heavy (non-hydrogen) atoms. The fourth-order valence-electron chi connectivity index (χ4n) is 4.87. The summed E-state index contributed by atoms with van der Waals surface area (Å²) in [5.74, 6) is 0.956. The van der Waals surface area contributed by atoms with Gasteiger partial charge in [0.15, 0.2) is 0 Å². The van der Waals surface area contributed by atoms with E-state index in [0.717, 1.165) is 44.5 Å². The van der Waals surface area contributed by atoms with Crippen molar-refractivity contribution in [1.29, 1.82) is 0 Å². The van der Waals surface area contributed by atoms with Crippen molar-refractivity contribution < 1.29 is 19.0 Å². The van der Waals surface area contributed by atoms with Gasteiger partial charge in [0, 0.05) is 32.1 Å². The molecule has 4 heterocycles. The Morgan fingerprint density at radius 3 is 2.90 bits per heavy atom. The summed E-state index contributed by atoms with van der Waals surface area (Å²) in [6.07, 6.45) is 8.26. The van der Waals surface area contributed by atoms with Crippen LogP contribution in [0.4, 0.5) is 0 Å². The predicted molar refractivity (Wildman–Crippen MR) is 112 cm³/mol. The molecule has 1 spiro atoms. The van der Waals surface area contributed by atoms with E-state index in [1.54, 1.807) is 18.5 Å². The molecular weight excluding hydrogens is 380 g/mol. The van der Waals surface area contributed by atoms with E-state index in [1.807, 2.05) is 11.0 Å². The van der Waals surface area contributed by atoms with Crippen LogP contribution < -0.4 is 4.74 Å². The zero-order valence-electron chi connectivity index (χ0n) is 17.2. The number of benzene rings is 1. The third-order valence-electron chi connectivity index (χ3n) is 6.54. The Kier molecular flexibility index (Phi) is 5.44. The van der Waals surface area contributed by atoms with Gasteiger partial charge in [0.25, 0.3) is 5.91 Å². The van der Waals surface area contributed by atoms with Gasteiger partial charge in [-0.05, 0) is 67.5 Å². The summed E-state index contributed by atoms with van der Waals surface area (Å²) in [4.78, 5) is 18.7. The zero-order valence-corrected chi connectivity index (χ0v) is 17.2. The molecule has 1 amide bonds. The van der Waals surface area contributed by atoms with E-state index in [4.69, 9.17) is 14.2 Å². The number of aromatic nitrogens is 1. The lowest BCUT2D eigenvalue weighted by molar-refractivity contribution is -0.0935. The number of piperidine rings is 1. The van der Waals surface area contributed by atoms with Crippen LogP contribution in [0.15, 0.2) is 42.7 Å².